The van der Waals surface area contributed by atoms with E-state index in [-0.39, 0.29) is 49.2 Å². The molecule has 1 unspecified atom stereocenters. The van der Waals surface area contributed by atoms with Gasteiger partial charge in [0.25, 0.3) is 0 Å². The fourth-order valence-corrected chi connectivity index (χ4v) is 3.59. The minimum Gasteiger partial charge on any atom is -0.492 e. The van der Waals surface area contributed by atoms with E-state index in [2.05, 4.69) is 31.4 Å². The van der Waals surface area contributed by atoms with Crippen LogP contribution < -0.4 is 25.8 Å². The molecule has 4 rings (SSSR count). The quantitative estimate of drug-likeness (QED) is 0.345. The number of aromatic nitrogens is 2. The Bertz CT molecular complexity index is 1080. The SMILES string of the molecule is CCOc1ccccc1N(c1cc(NC(=O)C2CC2)nnc1C(=O)O)C1(CCF)N=CNN1.[Zn]. The molecule has 0 spiro atoms. The number of amides is 1. The van der Waals surface area contributed by atoms with Crippen molar-refractivity contribution in [1.82, 2.24) is 21.0 Å². The molecule has 1 aliphatic heterocycles. The van der Waals surface area contributed by atoms with Gasteiger partial charge in [-0.3, -0.25) is 14.1 Å². The number of hydrogen-bond acceptors (Lipinski definition) is 9. The minimum atomic E-state index is -1.44. The van der Waals surface area contributed by atoms with Crippen LogP contribution in [-0.2, 0) is 24.3 Å². The third-order valence-corrected chi connectivity index (χ3v) is 5.25. The number of halogens is 1. The molecule has 1 amide bonds. The molecule has 13 heteroatoms. The topological polar surface area (TPSA) is 141 Å². The number of hydrazine groups is 1. The Morgan fingerprint density at radius 3 is 2.68 bits per heavy atom. The average molecular weight is 523 g/mol. The number of ether oxygens (including phenoxy) is 1. The van der Waals surface area contributed by atoms with E-state index in [0.29, 0.717) is 18.0 Å². The van der Waals surface area contributed by atoms with Gasteiger partial charge in [-0.2, -0.15) is 5.43 Å². The van der Waals surface area contributed by atoms with Crippen LogP contribution in [0.4, 0.5) is 21.6 Å². The van der Waals surface area contributed by atoms with Gasteiger partial charge in [0, 0.05) is 37.9 Å². The molecule has 1 aromatic heterocycles. The molecule has 1 atom stereocenters. The number of anilines is 3. The van der Waals surface area contributed by atoms with E-state index in [0.717, 1.165) is 12.8 Å². The number of nitrogens with one attached hydrogen (secondary N) is 3. The molecule has 1 aromatic carbocycles. The van der Waals surface area contributed by atoms with E-state index in [1.54, 1.807) is 24.3 Å². The largest absolute Gasteiger partial charge is 0.492 e. The Kier molecular flexibility index (Phi) is 8.11. The maximum atomic E-state index is 13.7. The van der Waals surface area contributed by atoms with Crippen molar-refractivity contribution in [2.45, 2.75) is 32.0 Å². The summed E-state index contributed by atoms with van der Waals surface area (Å²) in [5, 5.41) is 20.3. The van der Waals surface area contributed by atoms with Gasteiger partial charge < -0.3 is 20.6 Å². The third-order valence-electron chi connectivity index (χ3n) is 5.25. The number of carbonyl (C=O) groups is 2. The Morgan fingerprint density at radius 2 is 2.06 bits per heavy atom. The van der Waals surface area contributed by atoms with Crippen LogP contribution in [0.1, 0.15) is 36.7 Å². The standard InChI is InChI=1S/C21H24FN7O4.Zn/c1-2-33-16-6-4-3-5-14(16)29(21(9-10-22)23-12-24-28-21)15-11-17(25-19(30)13-7-8-13)26-27-18(15)20(31)32;/h3-6,11-13,28H,2,7-10H2,1H3,(H,23,24)(H,31,32)(H,25,26,30);. The van der Waals surface area contributed by atoms with Crippen molar-refractivity contribution in [3.63, 3.8) is 0 Å². The number of aromatic carboxylic acids is 1. The Balaban J connectivity index is 0.00000324. The van der Waals surface area contributed by atoms with Gasteiger partial charge in [-0.05, 0) is 31.9 Å². The van der Waals surface area contributed by atoms with Crippen molar-refractivity contribution in [2.24, 2.45) is 10.9 Å². The number of rotatable bonds is 10. The van der Waals surface area contributed by atoms with E-state index in [4.69, 9.17) is 4.74 Å². The normalized spacial score (nSPS) is 18.5. The molecule has 1 aliphatic carbocycles. The molecule has 1 saturated carbocycles. The van der Waals surface area contributed by atoms with Crippen LogP contribution in [0.2, 0.25) is 0 Å². The maximum absolute atomic E-state index is 13.7. The second kappa shape index (κ2) is 10.8. The molecule has 176 valence electrons. The summed E-state index contributed by atoms with van der Waals surface area (Å²) in [6, 6.07) is 8.32. The molecule has 2 heterocycles. The Hall–Kier alpha value is -3.18. The summed E-state index contributed by atoms with van der Waals surface area (Å²) in [4.78, 5) is 30.3. The molecule has 0 radical (unpaired) electrons. The molecule has 2 aliphatic rings. The van der Waals surface area contributed by atoms with Gasteiger partial charge in [0.2, 0.25) is 11.7 Å². The van der Waals surface area contributed by atoms with Crippen LogP contribution in [-0.4, -0.2) is 52.6 Å². The number of hydrogen-bond donors (Lipinski definition) is 4. The van der Waals surface area contributed by atoms with Crippen LogP contribution >= 0.6 is 0 Å². The summed E-state index contributed by atoms with van der Waals surface area (Å²) in [5.41, 5.74) is 5.75. The average Bonchev–Trinajstić information content (AvgIpc) is 3.55. The molecule has 0 saturated heterocycles. The van der Waals surface area contributed by atoms with Crippen LogP contribution in [0.15, 0.2) is 35.3 Å². The van der Waals surface area contributed by atoms with E-state index in [1.807, 2.05) is 6.92 Å². The fourth-order valence-electron chi connectivity index (χ4n) is 3.59. The molecule has 11 nitrogen and oxygen atoms in total. The van der Waals surface area contributed by atoms with Crippen LogP contribution in [0.5, 0.6) is 5.75 Å². The Labute approximate surface area is 207 Å². The first kappa shape index (κ1) is 25.4. The maximum Gasteiger partial charge on any atom is 0.358 e. The van der Waals surface area contributed by atoms with Crippen molar-refractivity contribution in [1.29, 1.82) is 0 Å². The van der Waals surface area contributed by atoms with Crippen LogP contribution in [0.25, 0.3) is 0 Å². The van der Waals surface area contributed by atoms with Gasteiger partial charge in [-0.25, -0.2) is 9.79 Å². The minimum absolute atomic E-state index is 0. The number of nitrogens with zero attached hydrogens (tertiary/aromatic N) is 4. The molecular formula is C21H24FN7O4Zn. The molecule has 4 N–H and O–H groups in total. The van der Waals surface area contributed by atoms with Gasteiger partial charge in [0.15, 0.2) is 11.5 Å². The van der Waals surface area contributed by atoms with Crippen molar-refractivity contribution in [3.8, 4) is 5.75 Å². The van der Waals surface area contributed by atoms with Gasteiger partial charge in [0.1, 0.15) is 12.1 Å². The van der Waals surface area contributed by atoms with E-state index in [9.17, 15) is 19.1 Å². The summed E-state index contributed by atoms with van der Waals surface area (Å²) in [5.74, 6) is -2.58. The number of carboxylic acid groups (broad SMARTS) is 1. The molecule has 0 bridgehead atoms. The van der Waals surface area contributed by atoms with Crippen molar-refractivity contribution < 1.29 is 43.3 Å². The summed E-state index contributed by atoms with van der Waals surface area (Å²) in [6.07, 6.45) is 2.80. The first-order chi connectivity index (χ1) is 16.0. The second-order valence-electron chi connectivity index (χ2n) is 7.55. The van der Waals surface area contributed by atoms with E-state index >= 15 is 0 Å². The first-order valence-electron chi connectivity index (χ1n) is 10.6. The first-order valence-corrected chi connectivity index (χ1v) is 10.6. The zero-order valence-electron chi connectivity index (χ0n) is 18.6. The summed E-state index contributed by atoms with van der Waals surface area (Å²) in [7, 11) is 0. The predicted octanol–water partition coefficient (Wildman–Crippen LogP) is 2.21. The summed E-state index contributed by atoms with van der Waals surface area (Å²) in [6.45, 7) is 1.40. The molecule has 2 aromatic rings. The van der Waals surface area contributed by atoms with Gasteiger partial charge in [-0.15, -0.1) is 10.2 Å². The number of alkyl halides is 1. The molecule has 34 heavy (non-hydrogen) atoms. The monoisotopic (exact) mass is 521 g/mol. The Morgan fingerprint density at radius 1 is 1.29 bits per heavy atom. The van der Waals surface area contributed by atoms with E-state index < -0.39 is 24.1 Å². The number of para-hydroxylation sites is 2. The molecular weight excluding hydrogens is 499 g/mol. The third kappa shape index (κ3) is 5.15. The van der Waals surface area contributed by atoms with Crippen molar-refractivity contribution in [3.05, 3.63) is 36.0 Å². The smallest absolute Gasteiger partial charge is 0.358 e. The van der Waals surface area contributed by atoms with Gasteiger partial charge in [0.05, 0.1) is 24.7 Å². The predicted molar refractivity (Wildman–Crippen MR) is 118 cm³/mol. The van der Waals surface area contributed by atoms with Crippen molar-refractivity contribution in [2.75, 3.05) is 23.5 Å². The fraction of sp³-hybridized carbons (Fsp3) is 0.381. The number of benzene rings is 1. The number of aliphatic imine (C=N–C) groups is 1. The zero-order valence-corrected chi connectivity index (χ0v) is 21.6. The second-order valence-corrected chi connectivity index (χ2v) is 7.55. The zero-order chi connectivity index (χ0) is 23.4. The molecule has 1 fully saturated rings. The van der Waals surface area contributed by atoms with Crippen LogP contribution in [0.3, 0.4) is 0 Å². The van der Waals surface area contributed by atoms with E-state index in [1.165, 1.54) is 17.3 Å². The van der Waals surface area contributed by atoms with Gasteiger partial charge >= 0.3 is 5.97 Å². The summed E-state index contributed by atoms with van der Waals surface area (Å²) >= 11 is 0. The van der Waals surface area contributed by atoms with Crippen molar-refractivity contribution >= 4 is 35.4 Å². The number of carbonyl (C=O) groups excluding carboxylic acids is 1. The van der Waals surface area contributed by atoms with Gasteiger partial charge in [-0.1, -0.05) is 12.1 Å². The summed E-state index contributed by atoms with van der Waals surface area (Å²) < 4.78 is 19.5. The van der Waals surface area contributed by atoms with Crippen LogP contribution in [0, 0.1) is 5.92 Å². The number of carboxylic acids is 1.